The van der Waals surface area contributed by atoms with E-state index in [2.05, 4.69) is 15.5 Å². The van der Waals surface area contributed by atoms with Crippen LogP contribution in [0.1, 0.15) is 41.7 Å². The first-order valence-corrected chi connectivity index (χ1v) is 7.38. The molecular formula is C16H18FN3O2. The fourth-order valence-electron chi connectivity index (χ4n) is 2.86. The predicted octanol–water partition coefficient (Wildman–Crippen LogP) is 1.82. The normalized spacial score (nSPS) is 18.5. The second-order valence-electron chi connectivity index (χ2n) is 5.56. The Hall–Kier alpha value is -2.21. The van der Waals surface area contributed by atoms with Gasteiger partial charge in [-0.05, 0) is 37.0 Å². The molecule has 1 aromatic heterocycles. The Morgan fingerprint density at radius 2 is 2.23 bits per heavy atom. The van der Waals surface area contributed by atoms with Crippen LogP contribution >= 0.6 is 0 Å². The van der Waals surface area contributed by atoms with E-state index in [9.17, 15) is 14.3 Å². The zero-order valence-corrected chi connectivity index (χ0v) is 12.1. The molecule has 1 aliphatic carbocycles. The number of halogens is 1. The van der Waals surface area contributed by atoms with E-state index in [-0.39, 0.29) is 24.2 Å². The fraction of sp³-hybridized carbons (Fsp3) is 0.375. The quantitative estimate of drug-likeness (QED) is 0.806. The lowest BCUT2D eigenvalue weighted by Gasteiger charge is -2.22. The molecule has 2 atom stereocenters. The van der Waals surface area contributed by atoms with Crippen LogP contribution in [0, 0.1) is 5.82 Å². The van der Waals surface area contributed by atoms with Crippen molar-refractivity contribution in [3.63, 3.8) is 0 Å². The highest BCUT2D eigenvalue weighted by Gasteiger charge is 2.28. The number of hydrogen-bond donors (Lipinski definition) is 3. The summed E-state index contributed by atoms with van der Waals surface area (Å²) in [5, 5.41) is 19.8. The monoisotopic (exact) mass is 303 g/mol. The summed E-state index contributed by atoms with van der Waals surface area (Å²) in [6, 6.07) is 5.61. The summed E-state index contributed by atoms with van der Waals surface area (Å²) in [6.07, 6.45) is 3.49. The van der Waals surface area contributed by atoms with Crippen molar-refractivity contribution >= 4 is 5.91 Å². The molecule has 3 N–H and O–H groups in total. The molecule has 1 amide bonds. The number of carbonyl (C=O) groups is 1. The molecule has 0 saturated heterocycles. The molecule has 116 valence electrons. The Morgan fingerprint density at radius 1 is 1.45 bits per heavy atom. The molecule has 2 unspecified atom stereocenters. The number of H-pyrrole nitrogens is 1. The Labute approximate surface area is 127 Å². The van der Waals surface area contributed by atoms with Crippen molar-refractivity contribution in [2.45, 2.75) is 31.3 Å². The van der Waals surface area contributed by atoms with Gasteiger partial charge < -0.3 is 10.4 Å². The predicted molar refractivity (Wildman–Crippen MR) is 78.6 cm³/mol. The molecule has 0 fully saturated rings. The number of aliphatic hydroxyl groups excluding tert-OH is 1. The van der Waals surface area contributed by atoms with Crippen molar-refractivity contribution < 1.29 is 14.3 Å². The van der Waals surface area contributed by atoms with Gasteiger partial charge in [-0.2, -0.15) is 5.10 Å². The Balaban J connectivity index is 1.60. The van der Waals surface area contributed by atoms with Crippen molar-refractivity contribution in [3.05, 3.63) is 53.1 Å². The Bertz CT molecular complexity index is 654. The van der Waals surface area contributed by atoms with Gasteiger partial charge in [-0.1, -0.05) is 12.1 Å². The first kappa shape index (κ1) is 14.7. The van der Waals surface area contributed by atoms with Crippen molar-refractivity contribution in [1.82, 2.24) is 15.5 Å². The molecule has 1 aliphatic rings. The van der Waals surface area contributed by atoms with Gasteiger partial charge in [0, 0.05) is 17.8 Å². The van der Waals surface area contributed by atoms with E-state index in [1.165, 1.54) is 24.3 Å². The third kappa shape index (κ3) is 3.01. The topological polar surface area (TPSA) is 78.0 Å². The van der Waals surface area contributed by atoms with Crippen LogP contribution in [-0.4, -0.2) is 27.8 Å². The van der Waals surface area contributed by atoms with Crippen molar-refractivity contribution in [2.24, 2.45) is 0 Å². The van der Waals surface area contributed by atoms with Gasteiger partial charge in [0.2, 0.25) is 5.91 Å². The molecule has 0 spiro atoms. The van der Waals surface area contributed by atoms with Gasteiger partial charge >= 0.3 is 0 Å². The van der Waals surface area contributed by atoms with Crippen LogP contribution in [0.2, 0.25) is 0 Å². The first-order chi connectivity index (χ1) is 10.6. The average molecular weight is 303 g/mol. The zero-order chi connectivity index (χ0) is 15.5. The van der Waals surface area contributed by atoms with Gasteiger partial charge in [0.15, 0.2) is 0 Å². The van der Waals surface area contributed by atoms with E-state index in [1.54, 1.807) is 6.20 Å². The summed E-state index contributed by atoms with van der Waals surface area (Å²) in [5.41, 5.74) is 2.54. The van der Waals surface area contributed by atoms with E-state index in [0.717, 1.165) is 30.5 Å². The molecule has 0 aliphatic heterocycles. The van der Waals surface area contributed by atoms with E-state index >= 15 is 0 Å². The van der Waals surface area contributed by atoms with Gasteiger partial charge in [-0.15, -0.1) is 0 Å². The van der Waals surface area contributed by atoms with Crippen molar-refractivity contribution in [3.8, 4) is 0 Å². The zero-order valence-electron chi connectivity index (χ0n) is 12.1. The standard InChI is InChI=1S/C16H18FN3O2/c17-11-6-4-10(5-7-11)15(21)9-18-16(22)12-2-1-3-14-13(12)8-19-20-14/h4-8,12,15,21H,1-3,9H2,(H,18,22)(H,19,20). The maximum atomic E-state index is 12.9. The van der Waals surface area contributed by atoms with Gasteiger partial charge in [0.05, 0.1) is 18.2 Å². The maximum absolute atomic E-state index is 12.9. The van der Waals surface area contributed by atoms with Crippen LogP contribution in [0.4, 0.5) is 4.39 Å². The lowest BCUT2D eigenvalue weighted by molar-refractivity contribution is -0.123. The highest BCUT2D eigenvalue weighted by atomic mass is 19.1. The molecule has 2 aromatic rings. The van der Waals surface area contributed by atoms with Crippen LogP contribution in [0.5, 0.6) is 0 Å². The number of aryl methyl sites for hydroxylation is 1. The number of fused-ring (bicyclic) bond motifs is 1. The third-order valence-corrected chi connectivity index (χ3v) is 4.09. The maximum Gasteiger partial charge on any atom is 0.227 e. The van der Waals surface area contributed by atoms with Gasteiger partial charge in [-0.25, -0.2) is 4.39 Å². The number of hydrogen-bond acceptors (Lipinski definition) is 3. The summed E-state index contributed by atoms with van der Waals surface area (Å²) in [5.74, 6) is -0.680. The van der Waals surface area contributed by atoms with E-state index in [1.807, 2.05) is 0 Å². The minimum atomic E-state index is -0.850. The largest absolute Gasteiger partial charge is 0.387 e. The molecule has 1 heterocycles. The highest BCUT2D eigenvalue weighted by Crippen LogP contribution is 2.30. The van der Waals surface area contributed by atoms with Crippen molar-refractivity contribution in [1.29, 1.82) is 0 Å². The lowest BCUT2D eigenvalue weighted by Crippen LogP contribution is -2.34. The van der Waals surface area contributed by atoms with Crippen LogP contribution in [0.3, 0.4) is 0 Å². The molecular weight excluding hydrogens is 285 g/mol. The van der Waals surface area contributed by atoms with Crippen LogP contribution in [0.25, 0.3) is 0 Å². The highest BCUT2D eigenvalue weighted by molar-refractivity contribution is 5.84. The molecule has 0 saturated carbocycles. The summed E-state index contributed by atoms with van der Waals surface area (Å²) in [6.45, 7) is 0.105. The molecule has 5 nitrogen and oxygen atoms in total. The lowest BCUT2D eigenvalue weighted by atomic mass is 9.86. The Kier molecular flexibility index (Phi) is 4.20. The summed E-state index contributed by atoms with van der Waals surface area (Å²) in [4.78, 5) is 12.3. The van der Waals surface area contributed by atoms with E-state index < -0.39 is 6.10 Å². The van der Waals surface area contributed by atoms with Gasteiger partial charge in [0.1, 0.15) is 5.82 Å². The number of amides is 1. The number of rotatable bonds is 4. The summed E-state index contributed by atoms with van der Waals surface area (Å²) >= 11 is 0. The number of nitrogens with one attached hydrogen (secondary N) is 2. The summed E-state index contributed by atoms with van der Waals surface area (Å²) in [7, 11) is 0. The van der Waals surface area contributed by atoms with Crippen LogP contribution in [-0.2, 0) is 11.2 Å². The first-order valence-electron chi connectivity index (χ1n) is 7.38. The van der Waals surface area contributed by atoms with Crippen LogP contribution < -0.4 is 5.32 Å². The second-order valence-corrected chi connectivity index (χ2v) is 5.56. The molecule has 6 heteroatoms. The molecule has 1 aromatic carbocycles. The number of benzene rings is 1. The smallest absolute Gasteiger partial charge is 0.227 e. The molecule has 22 heavy (non-hydrogen) atoms. The van der Waals surface area contributed by atoms with Crippen molar-refractivity contribution in [2.75, 3.05) is 6.54 Å². The fourth-order valence-corrected chi connectivity index (χ4v) is 2.86. The second kappa shape index (κ2) is 6.27. The van der Waals surface area contributed by atoms with Gasteiger partial charge in [0.25, 0.3) is 0 Å². The number of nitrogens with zero attached hydrogens (tertiary/aromatic N) is 1. The minimum Gasteiger partial charge on any atom is -0.387 e. The minimum absolute atomic E-state index is 0.105. The molecule has 0 radical (unpaired) electrons. The third-order valence-electron chi connectivity index (χ3n) is 4.09. The number of carbonyl (C=O) groups excluding carboxylic acids is 1. The van der Waals surface area contributed by atoms with Crippen LogP contribution in [0.15, 0.2) is 30.5 Å². The average Bonchev–Trinajstić information content (AvgIpc) is 3.01. The number of aromatic nitrogens is 2. The molecule has 3 rings (SSSR count). The Morgan fingerprint density at radius 3 is 3.00 bits per heavy atom. The number of aliphatic hydroxyl groups is 1. The van der Waals surface area contributed by atoms with E-state index in [0.29, 0.717) is 5.56 Å². The SMILES string of the molecule is O=C(NCC(O)c1ccc(F)cc1)C1CCCc2[nH]ncc21. The van der Waals surface area contributed by atoms with E-state index in [4.69, 9.17) is 0 Å². The number of aromatic amines is 1. The summed E-state index contributed by atoms with van der Waals surface area (Å²) < 4.78 is 12.9. The molecule has 0 bridgehead atoms. The van der Waals surface area contributed by atoms with Gasteiger partial charge in [-0.3, -0.25) is 9.89 Å².